The molecule has 0 saturated carbocycles. The zero-order valence-electron chi connectivity index (χ0n) is 16.0. The van der Waals surface area contributed by atoms with Crippen LogP contribution in [0.4, 0.5) is 4.39 Å². The first-order valence-corrected chi connectivity index (χ1v) is 9.27. The molecule has 0 fully saturated rings. The van der Waals surface area contributed by atoms with E-state index in [0.29, 0.717) is 25.3 Å². The molecule has 0 saturated heterocycles. The molecule has 0 aliphatic heterocycles. The molecule has 0 bridgehead atoms. The third kappa shape index (κ3) is 5.29. The first kappa shape index (κ1) is 19.8. The number of halogens is 1. The van der Waals surface area contributed by atoms with Crippen LogP contribution in [-0.2, 0) is 24.4 Å². The number of nitriles is 1. The summed E-state index contributed by atoms with van der Waals surface area (Å²) in [6.45, 7) is 3.48. The Kier molecular flexibility index (Phi) is 6.96. The average Bonchev–Trinajstić information content (AvgIpc) is 3.14. The van der Waals surface area contributed by atoms with E-state index >= 15 is 0 Å². The van der Waals surface area contributed by atoms with Crippen LogP contribution in [0.15, 0.2) is 66.9 Å². The van der Waals surface area contributed by atoms with Crippen molar-refractivity contribution in [2.75, 3.05) is 20.3 Å². The molecular weight excluding hydrogens is 353 g/mol. The fraction of sp³-hybridized carbons (Fsp3) is 0.261. The Bertz CT molecular complexity index is 928. The summed E-state index contributed by atoms with van der Waals surface area (Å²) in [5.41, 5.74) is 3.93. The Hall–Kier alpha value is -2.94. The lowest BCUT2D eigenvalue weighted by Crippen LogP contribution is -2.28. The van der Waals surface area contributed by atoms with Crippen molar-refractivity contribution < 1.29 is 9.13 Å². The van der Waals surface area contributed by atoms with E-state index in [9.17, 15) is 9.65 Å². The Balaban J connectivity index is 1.75. The summed E-state index contributed by atoms with van der Waals surface area (Å²) < 4.78 is 20.6. The molecule has 28 heavy (non-hydrogen) atoms. The van der Waals surface area contributed by atoms with E-state index in [1.165, 1.54) is 12.1 Å². The van der Waals surface area contributed by atoms with Crippen molar-refractivity contribution >= 4 is 0 Å². The number of aromatic nitrogens is 1. The molecule has 0 amide bonds. The molecule has 1 aromatic heterocycles. The summed E-state index contributed by atoms with van der Waals surface area (Å²) in [6, 6.07) is 20.7. The topological polar surface area (TPSA) is 41.2 Å². The van der Waals surface area contributed by atoms with Crippen molar-refractivity contribution in [1.82, 2.24) is 9.47 Å². The van der Waals surface area contributed by atoms with Gasteiger partial charge >= 0.3 is 0 Å². The van der Waals surface area contributed by atoms with E-state index in [-0.39, 0.29) is 5.82 Å². The Morgan fingerprint density at radius 1 is 1.04 bits per heavy atom. The highest BCUT2D eigenvalue weighted by molar-refractivity contribution is 5.37. The fourth-order valence-electron chi connectivity index (χ4n) is 3.21. The van der Waals surface area contributed by atoms with Crippen molar-refractivity contribution in [3.05, 3.63) is 95.1 Å². The minimum atomic E-state index is -0.224. The van der Waals surface area contributed by atoms with Crippen LogP contribution in [0, 0.1) is 17.1 Å². The van der Waals surface area contributed by atoms with Crippen LogP contribution in [0.2, 0.25) is 0 Å². The largest absolute Gasteiger partial charge is 0.383 e. The van der Waals surface area contributed by atoms with E-state index < -0.39 is 0 Å². The minimum Gasteiger partial charge on any atom is -0.383 e. The maximum atomic E-state index is 13.2. The zero-order chi connectivity index (χ0) is 19.8. The summed E-state index contributed by atoms with van der Waals surface area (Å²) in [7, 11) is 1.69. The summed E-state index contributed by atoms with van der Waals surface area (Å²) in [5.74, 6) is -0.224. The van der Waals surface area contributed by atoms with Gasteiger partial charge < -0.3 is 9.30 Å². The van der Waals surface area contributed by atoms with Crippen LogP contribution < -0.4 is 0 Å². The molecule has 0 aliphatic rings. The number of hydrogen-bond acceptors (Lipinski definition) is 3. The predicted molar refractivity (Wildman–Crippen MR) is 107 cm³/mol. The van der Waals surface area contributed by atoms with Crippen molar-refractivity contribution in [3.63, 3.8) is 0 Å². The second-order valence-corrected chi connectivity index (χ2v) is 6.73. The first-order valence-electron chi connectivity index (χ1n) is 9.27. The van der Waals surface area contributed by atoms with Gasteiger partial charge in [0.2, 0.25) is 0 Å². The number of ether oxygens (including phenoxy) is 1. The van der Waals surface area contributed by atoms with E-state index in [0.717, 1.165) is 29.9 Å². The fourth-order valence-corrected chi connectivity index (χ4v) is 3.21. The van der Waals surface area contributed by atoms with Crippen LogP contribution in [0.3, 0.4) is 0 Å². The smallest absolute Gasteiger partial charge is 0.123 e. The molecule has 0 spiro atoms. The molecule has 0 N–H and O–H groups in total. The van der Waals surface area contributed by atoms with Gasteiger partial charge in [0, 0.05) is 45.2 Å². The highest BCUT2D eigenvalue weighted by atomic mass is 19.1. The molecule has 4 nitrogen and oxygen atoms in total. The lowest BCUT2D eigenvalue weighted by Gasteiger charge is -2.23. The SMILES string of the molecule is COCCN(Cc1ccccc1C#N)Cc1cccn1Cc1ccc(F)cc1. The van der Waals surface area contributed by atoms with Gasteiger partial charge in [-0.2, -0.15) is 5.26 Å². The molecule has 2 aromatic carbocycles. The van der Waals surface area contributed by atoms with Gasteiger partial charge in [0.1, 0.15) is 5.82 Å². The second kappa shape index (κ2) is 9.84. The Labute approximate surface area is 165 Å². The monoisotopic (exact) mass is 377 g/mol. The molecule has 0 radical (unpaired) electrons. The van der Waals surface area contributed by atoms with Crippen molar-refractivity contribution in [2.45, 2.75) is 19.6 Å². The maximum Gasteiger partial charge on any atom is 0.123 e. The van der Waals surface area contributed by atoms with Crippen LogP contribution in [0.25, 0.3) is 0 Å². The molecule has 5 heteroatoms. The van der Waals surface area contributed by atoms with Gasteiger partial charge in [-0.05, 0) is 41.5 Å². The van der Waals surface area contributed by atoms with Crippen molar-refractivity contribution in [1.29, 1.82) is 5.26 Å². The number of methoxy groups -OCH3 is 1. The molecule has 0 aliphatic carbocycles. The summed E-state index contributed by atoms with van der Waals surface area (Å²) in [4.78, 5) is 2.27. The maximum absolute atomic E-state index is 13.2. The molecule has 3 aromatic rings. The summed E-state index contributed by atoms with van der Waals surface area (Å²) in [6.07, 6.45) is 2.04. The quantitative estimate of drug-likeness (QED) is 0.561. The average molecular weight is 377 g/mol. The predicted octanol–water partition coefficient (Wildman–Crippen LogP) is 4.20. The van der Waals surface area contributed by atoms with Crippen molar-refractivity contribution in [3.8, 4) is 6.07 Å². The van der Waals surface area contributed by atoms with Gasteiger partial charge in [-0.3, -0.25) is 4.90 Å². The van der Waals surface area contributed by atoms with E-state index in [4.69, 9.17) is 4.74 Å². The van der Waals surface area contributed by atoms with Crippen LogP contribution in [0.1, 0.15) is 22.4 Å². The molecule has 144 valence electrons. The van der Waals surface area contributed by atoms with Gasteiger partial charge in [-0.1, -0.05) is 30.3 Å². The van der Waals surface area contributed by atoms with E-state index in [1.54, 1.807) is 7.11 Å². The molecule has 0 unspecified atom stereocenters. The number of rotatable bonds is 9. The first-order chi connectivity index (χ1) is 13.7. The Morgan fingerprint density at radius 3 is 2.57 bits per heavy atom. The van der Waals surface area contributed by atoms with Gasteiger partial charge in [0.25, 0.3) is 0 Å². The lowest BCUT2D eigenvalue weighted by molar-refractivity contribution is 0.138. The van der Waals surface area contributed by atoms with Crippen LogP contribution >= 0.6 is 0 Å². The number of nitrogens with zero attached hydrogens (tertiary/aromatic N) is 3. The van der Waals surface area contributed by atoms with Gasteiger partial charge in [0.05, 0.1) is 18.2 Å². The summed E-state index contributed by atoms with van der Waals surface area (Å²) >= 11 is 0. The second-order valence-electron chi connectivity index (χ2n) is 6.73. The molecular formula is C23H24FN3O. The van der Waals surface area contributed by atoms with Crippen LogP contribution in [-0.4, -0.2) is 29.7 Å². The van der Waals surface area contributed by atoms with Crippen molar-refractivity contribution in [2.24, 2.45) is 0 Å². The zero-order valence-corrected chi connectivity index (χ0v) is 16.0. The molecule has 1 heterocycles. The van der Waals surface area contributed by atoms with E-state index in [1.807, 2.05) is 48.7 Å². The van der Waals surface area contributed by atoms with E-state index in [2.05, 4.69) is 21.6 Å². The van der Waals surface area contributed by atoms with Gasteiger partial charge in [0.15, 0.2) is 0 Å². The normalized spacial score (nSPS) is 10.9. The third-order valence-electron chi connectivity index (χ3n) is 4.72. The third-order valence-corrected chi connectivity index (χ3v) is 4.72. The standard InChI is InChI=1S/C23H24FN3O/c1-28-14-13-26(17-21-6-3-2-5-20(21)15-25)18-23-7-4-12-27(23)16-19-8-10-22(24)11-9-19/h2-12H,13-14,16-18H2,1H3. The Morgan fingerprint density at radius 2 is 1.82 bits per heavy atom. The highest BCUT2D eigenvalue weighted by Gasteiger charge is 2.12. The minimum absolute atomic E-state index is 0.224. The van der Waals surface area contributed by atoms with Crippen LogP contribution in [0.5, 0.6) is 0 Å². The number of benzene rings is 2. The number of hydrogen-bond donors (Lipinski definition) is 0. The highest BCUT2D eigenvalue weighted by Crippen LogP contribution is 2.15. The summed E-state index contributed by atoms with van der Waals surface area (Å²) in [5, 5.41) is 9.37. The van der Waals surface area contributed by atoms with Gasteiger partial charge in [-0.25, -0.2) is 4.39 Å². The molecule has 0 atom stereocenters. The molecule has 3 rings (SSSR count). The lowest BCUT2D eigenvalue weighted by atomic mass is 10.1. The van der Waals surface area contributed by atoms with Gasteiger partial charge in [-0.15, -0.1) is 0 Å².